The molecule has 5 rings (SSSR count). The molecule has 1 aliphatic rings. The second-order valence-electron chi connectivity index (χ2n) is 7.55. The van der Waals surface area contributed by atoms with Crippen molar-refractivity contribution in [3.63, 3.8) is 0 Å². The monoisotopic (exact) mass is 470 g/mol. The molecule has 0 N–H and O–H groups in total. The number of aromatic nitrogens is 5. The summed E-state index contributed by atoms with van der Waals surface area (Å²) in [7, 11) is -3.48. The summed E-state index contributed by atoms with van der Waals surface area (Å²) < 4.78 is 30.4. The number of thioether (sulfide) groups is 1. The van der Waals surface area contributed by atoms with E-state index in [9.17, 15) is 13.2 Å². The molecule has 1 fully saturated rings. The van der Waals surface area contributed by atoms with E-state index in [2.05, 4.69) is 15.2 Å². The van der Waals surface area contributed by atoms with Crippen LogP contribution in [0.4, 0.5) is 0 Å². The maximum Gasteiger partial charge on any atom is 0.262 e. The third kappa shape index (κ3) is 3.50. The Morgan fingerprint density at radius 2 is 1.84 bits per heavy atom. The van der Waals surface area contributed by atoms with E-state index in [1.165, 1.54) is 22.3 Å². The fraction of sp³-hybridized carbons (Fsp3) is 0.333. The normalized spacial score (nSPS) is 15.2. The van der Waals surface area contributed by atoms with Gasteiger partial charge in [-0.2, -0.15) is 4.31 Å². The number of aryl methyl sites for hydroxylation is 1. The first-order valence-electron chi connectivity index (χ1n) is 10.5. The third-order valence-corrected chi connectivity index (χ3v) is 8.47. The van der Waals surface area contributed by atoms with Gasteiger partial charge in [0.05, 0.1) is 21.7 Å². The van der Waals surface area contributed by atoms with Crippen LogP contribution in [0.5, 0.6) is 0 Å². The Morgan fingerprint density at radius 1 is 1.06 bits per heavy atom. The molecule has 11 heteroatoms. The van der Waals surface area contributed by atoms with E-state index < -0.39 is 10.0 Å². The number of fused-ring (bicyclic) bond motifs is 3. The Morgan fingerprint density at radius 3 is 2.56 bits per heavy atom. The largest absolute Gasteiger partial charge is 0.277 e. The van der Waals surface area contributed by atoms with Crippen LogP contribution in [0, 0.1) is 0 Å². The average molecular weight is 471 g/mol. The molecule has 32 heavy (non-hydrogen) atoms. The van der Waals surface area contributed by atoms with Crippen LogP contribution in [0.2, 0.25) is 0 Å². The molecule has 0 saturated carbocycles. The van der Waals surface area contributed by atoms with Crippen LogP contribution in [-0.2, 0) is 22.3 Å². The van der Waals surface area contributed by atoms with Crippen LogP contribution in [0.1, 0.15) is 25.6 Å². The van der Waals surface area contributed by atoms with Gasteiger partial charge < -0.3 is 0 Å². The molecule has 0 amide bonds. The number of hydrogen-bond acceptors (Lipinski definition) is 7. The maximum absolute atomic E-state index is 12.8. The molecule has 0 unspecified atom stereocenters. The summed E-state index contributed by atoms with van der Waals surface area (Å²) in [5, 5.41) is 9.89. The highest BCUT2D eigenvalue weighted by Gasteiger charge is 2.27. The summed E-state index contributed by atoms with van der Waals surface area (Å²) in [6.45, 7) is 3.53. The van der Waals surface area contributed by atoms with Crippen molar-refractivity contribution in [2.24, 2.45) is 0 Å². The fourth-order valence-electron chi connectivity index (χ4n) is 4.01. The van der Waals surface area contributed by atoms with Gasteiger partial charge >= 0.3 is 0 Å². The minimum atomic E-state index is -3.48. The van der Waals surface area contributed by atoms with Gasteiger partial charge in [-0.25, -0.2) is 13.4 Å². The minimum Gasteiger partial charge on any atom is -0.277 e. The van der Waals surface area contributed by atoms with Crippen molar-refractivity contribution in [3.05, 3.63) is 58.8 Å². The molecular formula is C21H22N6O3S2. The smallest absolute Gasteiger partial charge is 0.262 e. The van der Waals surface area contributed by atoms with Crippen LogP contribution < -0.4 is 5.56 Å². The molecule has 0 spiro atoms. The zero-order valence-corrected chi connectivity index (χ0v) is 19.1. The second-order valence-corrected chi connectivity index (χ2v) is 10.5. The molecule has 1 aromatic carbocycles. The van der Waals surface area contributed by atoms with Gasteiger partial charge in [0.1, 0.15) is 10.7 Å². The predicted molar refractivity (Wildman–Crippen MR) is 122 cm³/mol. The van der Waals surface area contributed by atoms with Gasteiger partial charge in [0.2, 0.25) is 15.8 Å². The number of rotatable bonds is 6. The third-order valence-electron chi connectivity index (χ3n) is 5.65. The SMILES string of the molecule is CCn1c(=O)c2ccccc2n2c(CSc3ccc(S(=O)(=O)N4CCCC4)cn3)nnc12. The van der Waals surface area contributed by atoms with E-state index >= 15 is 0 Å². The lowest BCUT2D eigenvalue weighted by atomic mass is 10.2. The second kappa shape index (κ2) is 8.30. The van der Waals surface area contributed by atoms with Crippen molar-refractivity contribution in [3.8, 4) is 0 Å². The standard InChI is InChI=1S/C21H22N6O3S2/c1-2-26-20(28)16-7-3-4-8-17(16)27-18(23-24-21(26)27)14-31-19-10-9-15(13-22-19)32(29,30)25-11-5-6-12-25/h3-4,7-10,13H,2,5-6,11-12,14H2,1H3. The van der Waals surface area contributed by atoms with Gasteiger partial charge in [0.25, 0.3) is 5.56 Å². The van der Waals surface area contributed by atoms with Crippen LogP contribution in [0.25, 0.3) is 16.7 Å². The fourth-order valence-corrected chi connectivity index (χ4v) is 6.23. The zero-order chi connectivity index (χ0) is 22.3. The van der Waals surface area contributed by atoms with Crippen LogP contribution >= 0.6 is 11.8 Å². The van der Waals surface area contributed by atoms with Crippen LogP contribution in [0.3, 0.4) is 0 Å². The van der Waals surface area contributed by atoms with E-state index in [0.29, 0.717) is 47.4 Å². The van der Waals surface area contributed by atoms with Gasteiger partial charge in [-0.05, 0) is 44.0 Å². The Labute approximate surface area is 189 Å². The lowest BCUT2D eigenvalue weighted by Crippen LogP contribution is -2.27. The van der Waals surface area contributed by atoms with Gasteiger partial charge in [0.15, 0.2) is 0 Å². The van der Waals surface area contributed by atoms with Crippen molar-refractivity contribution in [2.75, 3.05) is 13.1 Å². The lowest BCUT2D eigenvalue weighted by Gasteiger charge is -2.15. The van der Waals surface area contributed by atoms with Gasteiger partial charge in [-0.3, -0.25) is 13.8 Å². The van der Waals surface area contributed by atoms with Gasteiger partial charge in [0, 0.05) is 25.8 Å². The van der Waals surface area contributed by atoms with Gasteiger partial charge in [-0.1, -0.05) is 23.9 Å². The Hall–Kier alpha value is -2.76. The summed E-state index contributed by atoms with van der Waals surface area (Å²) in [5.41, 5.74) is 0.677. The van der Waals surface area contributed by atoms with E-state index in [1.54, 1.807) is 22.8 Å². The Bertz CT molecular complexity index is 1450. The molecule has 166 valence electrons. The molecule has 0 atom stereocenters. The van der Waals surface area contributed by atoms with Crippen molar-refractivity contribution >= 4 is 38.5 Å². The maximum atomic E-state index is 12.8. The zero-order valence-electron chi connectivity index (χ0n) is 17.5. The molecule has 9 nitrogen and oxygen atoms in total. The first-order valence-corrected chi connectivity index (χ1v) is 12.9. The molecule has 1 saturated heterocycles. The molecule has 3 aromatic heterocycles. The Balaban J connectivity index is 1.44. The van der Waals surface area contributed by atoms with Crippen LogP contribution in [-0.4, -0.2) is 50.0 Å². The van der Waals surface area contributed by atoms with E-state index in [0.717, 1.165) is 18.4 Å². The van der Waals surface area contributed by atoms with E-state index in [4.69, 9.17) is 0 Å². The molecule has 0 bridgehead atoms. The summed E-state index contributed by atoms with van der Waals surface area (Å²) in [5.74, 6) is 1.67. The highest BCUT2D eigenvalue weighted by atomic mass is 32.2. The van der Waals surface area contributed by atoms with Crippen molar-refractivity contribution in [2.45, 2.75) is 42.0 Å². The summed E-state index contributed by atoms with van der Waals surface area (Å²) in [6, 6.07) is 10.7. The van der Waals surface area contributed by atoms with E-state index in [-0.39, 0.29) is 10.5 Å². The molecular weight excluding hydrogens is 448 g/mol. The number of benzene rings is 1. The summed E-state index contributed by atoms with van der Waals surface area (Å²) >= 11 is 1.44. The first kappa shape index (κ1) is 21.1. The van der Waals surface area contributed by atoms with Gasteiger partial charge in [-0.15, -0.1) is 10.2 Å². The summed E-state index contributed by atoms with van der Waals surface area (Å²) in [6.07, 6.45) is 3.21. The topological polar surface area (TPSA) is 102 Å². The van der Waals surface area contributed by atoms with Crippen molar-refractivity contribution in [1.82, 2.24) is 28.5 Å². The lowest BCUT2D eigenvalue weighted by molar-refractivity contribution is 0.477. The molecule has 4 aromatic rings. The Kier molecular flexibility index (Phi) is 5.48. The molecule has 4 heterocycles. The number of nitrogens with zero attached hydrogens (tertiary/aromatic N) is 6. The minimum absolute atomic E-state index is 0.0846. The highest BCUT2D eigenvalue weighted by Crippen LogP contribution is 2.25. The van der Waals surface area contributed by atoms with E-state index in [1.807, 2.05) is 29.5 Å². The van der Waals surface area contributed by atoms with Crippen molar-refractivity contribution in [1.29, 1.82) is 0 Å². The molecule has 0 radical (unpaired) electrons. The average Bonchev–Trinajstić information content (AvgIpc) is 3.50. The van der Waals surface area contributed by atoms with Crippen LogP contribution in [0.15, 0.2) is 57.3 Å². The number of pyridine rings is 1. The quantitative estimate of drug-likeness (QED) is 0.399. The highest BCUT2D eigenvalue weighted by molar-refractivity contribution is 7.98. The summed E-state index contributed by atoms with van der Waals surface area (Å²) in [4.78, 5) is 17.4. The number of hydrogen-bond donors (Lipinski definition) is 0. The number of para-hydroxylation sites is 1. The first-order chi connectivity index (χ1) is 15.5. The predicted octanol–water partition coefficient (Wildman–Crippen LogP) is 2.54. The molecule has 1 aliphatic heterocycles. The molecule has 0 aliphatic carbocycles. The number of sulfonamides is 1. The van der Waals surface area contributed by atoms with Crippen molar-refractivity contribution < 1.29 is 8.42 Å².